The van der Waals surface area contributed by atoms with Gasteiger partial charge in [-0.25, -0.2) is 9.07 Å². The minimum absolute atomic E-state index is 0.340. The van der Waals surface area contributed by atoms with Crippen molar-refractivity contribution in [2.75, 3.05) is 27.4 Å². The molecule has 1 N–H and O–H groups in total. The number of benzene rings is 1. The molecule has 0 fully saturated rings. The summed E-state index contributed by atoms with van der Waals surface area (Å²) in [6.45, 7) is 2.00. The number of nitrogens with zero attached hydrogens (tertiary/aromatic N) is 2. The van der Waals surface area contributed by atoms with Crippen LogP contribution in [0.4, 0.5) is 4.39 Å². The number of methoxy groups -OCH3 is 2. The van der Waals surface area contributed by atoms with E-state index in [1.165, 1.54) is 10.7 Å². The first-order chi connectivity index (χ1) is 9.74. The lowest BCUT2D eigenvalue weighted by atomic mass is 10.3. The number of hydrogen-bond acceptors (Lipinski definition) is 4. The highest BCUT2D eigenvalue weighted by Gasteiger charge is 2.08. The largest absolute Gasteiger partial charge is 0.497 e. The number of rotatable bonds is 7. The molecular formula is C14H18FN3O2. The number of hydrogen-bond donors (Lipinski definition) is 1. The predicted octanol–water partition coefficient (Wildman–Crippen LogP) is 1.76. The Labute approximate surface area is 117 Å². The van der Waals surface area contributed by atoms with Gasteiger partial charge in [0.15, 0.2) is 0 Å². The molecular weight excluding hydrogens is 261 g/mol. The van der Waals surface area contributed by atoms with Gasteiger partial charge in [0.05, 0.1) is 19.4 Å². The molecule has 2 aromatic rings. The molecule has 0 aliphatic rings. The fraction of sp³-hybridized carbons (Fsp3) is 0.357. The first kappa shape index (κ1) is 14.5. The number of nitrogens with one attached hydrogen (secondary N) is 1. The van der Waals surface area contributed by atoms with Crippen molar-refractivity contribution in [3.63, 3.8) is 0 Å². The first-order valence-corrected chi connectivity index (χ1v) is 6.32. The summed E-state index contributed by atoms with van der Waals surface area (Å²) in [5.74, 6) is 0.254. The number of aromatic nitrogens is 2. The zero-order valence-corrected chi connectivity index (χ0v) is 11.6. The van der Waals surface area contributed by atoms with E-state index in [1.54, 1.807) is 32.5 Å². The molecule has 0 atom stereocenters. The van der Waals surface area contributed by atoms with E-state index in [9.17, 15) is 4.39 Å². The molecule has 20 heavy (non-hydrogen) atoms. The van der Waals surface area contributed by atoms with Gasteiger partial charge in [0.25, 0.3) is 0 Å². The highest BCUT2D eigenvalue weighted by molar-refractivity contribution is 5.40. The van der Waals surface area contributed by atoms with Crippen LogP contribution in [0.1, 0.15) is 5.69 Å². The summed E-state index contributed by atoms with van der Waals surface area (Å²) in [6.07, 6.45) is 1.73. The van der Waals surface area contributed by atoms with Crippen molar-refractivity contribution in [1.29, 1.82) is 0 Å². The molecule has 0 bridgehead atoms. The average Bonchev–Trinajstić information content (AvgIpc) is 2.93. The average molecular weight is 279 g/mol. The molecule has 0 aliphatic carbocycles. The van der Waals surface area contributed by atoms with Crippen LogP contribution in [0.15, 0.2) is 30.5 Å². The van der Waals surface area contributed by atoms with Crippen molar-refractivity contribution in [2.24, 2.45) is 0 Å². The van der Waals surface area contributed by atoms with Crippen molar-refractivity contribution in [3.05, 3.63) is 42.0 Å². The Balaban J connectivity index is 2.08. The smallest absolute Gasteiger partial charge is 0.149 e. The molecule has 5 nitrogen and oxygen atoms in total. The minimum atomic E-state index is -0.340. The Kier molecular flexibility index (Phi) is 5.09. The van der Waals surface area contributed by atoms with Crippen LogP contribution in [0.25, 0.3) is 5.69 Å². The molecule has 0 radical (unpaired) electrons. The molecule has 1 aromatic carbocycles. The Morgan fingerprint density at radius 1 is 1.30 bits per heavy atom. The molecule has 0 aliphatic heterocycles. The molecule has 0 amide bonds. The summed E-state index contributed by atoms with van der Waals surface area (Å²) < 4.78 is 25.3. The van der Waals surface area contributed by atoms with Gasteiger partial charge in [0, 0.05) is 32.5 Å². The summed E-state index contributed by atoms with van der Waals surface area (Å²) in [4.78, 5) is 0. The zero-order chi connectivity index (χ0) is 14.4. The highest BCUT2D eigenvalue weighted by atomic mass is 19.1. The molecule has 1 heterocycles. The third-order valence-corrected chi connectivity index (χ3v) is 2.83. The highest BCUT2D eigenvalue weighted by Crippen LogP contribution is 2.19. The van der Waals surface area contributed by atoms with Crippen LogP contribution in [-0.4, -0.2) is 37.2 Å². The maximum Gasteiger partial charge on any atom is 0.149 e. The molecule has 0 saturated heterocycles. The zero-order valence-electron chi connectivity index (χ0n) is 11.6. The Bertz CT molecular complexity index is 557. The number of ether oxygens (including phenoxy) is 2. The van der Waals surface area contributed by atoms with Gasteiger partial charge in [-0.3, -0.25) is 0 Å². The monoisotopic (exact) mass is 279 g/mol. The van der Waals surface area contributed by atoms with E-state index in [1.807, 2.05) is 6.07 Å². The second-order valence-electron chi connectivity index (χ2n) is 4.24. The summed E-state index contributed by atoms with van der Waals surface area (Å²) in [7, 11) is 3.20. The lowest BCUT2D eigenvalue weighted by Gasteiger charge is -2.06. The summed E-state index contributed by atoms with van der Waals surface area (Å²) >= 11 is 0. The maximum absolute atomic E-state index is 13.8. The van der Waals surface area contributed by atoms with E-state index < -0.39 is 0 Å². The normalized spacial score (nSPS) is 10.8. The molecule has 0 unspecified atom stereocenters. The van der Waals surface area contributed by atoms with E-state index in [0.717, 1.165) is 12.2 Å². The van der Waals surface area contributed by atoms with E-state index >= 15 is 0 Å². The summed E-state index contributed by atoms with van der Waals surface area (Å²) in [5.41, 5.74) is 1.20. The topological polar surface area (TPSA) is 48.3 Å². The second kappa shape index (κ2) is 7.02. The van der Waals surface area contributed by atoms with Gasteiger partial charge in [-0.15, -0.1) is 0 Å². The van der Waals surface area contributed by atoms with Gasteiger partial charge in [0.2, 0.25) is 0 Å². The van der Waals surface area contributed by atoms with Crippen LogP contribution < -0.4 is 10.1 Å². The van der Waals surface area contributed by atoms with E-state index in [2.05, 4.69) is 10.4 Å². The molecule has 1 aromatic heterocycles. The fourth-order valence-electron chi connectivity index (χ4n) is 1.78. The minimum Gasteiger partial charge on any atom is -0.497 e. The third kappa shape index (κ3) is 3.55. The van der Waals surface area contributed by atoms with Crippen molar-refractivity contribution in [1.82, 2.24) is 15.1 Å². The lowest BCUT2D eigenvalue weighted by molar-refractivity contribution is 0.199. The van der Waals surface area contributed by atoms with Gasteiger partial charge in [-0.1, -0.05) is 0 Å². The van der Waals surface area contributed by atoms with Crippen LogP contribution in [0.2, 0.25) is 0 Å². The van der Waals surface area contributed by atoms with Gasteiger partial charge < -0.3 is 14.8 Å². The Hall–Kier alpha value is -1.92. The standard InChI is InChI=1S/C14H18FN3O2/c1-19-8-6-16-10-11-5-7-18(17-11)14-9-12(20-2)3-4-13(14)15/h3-5,7,9,16H,6,8,10H2,1-2H3. The molecule has 2 rings (SSSR count). The molecule has 0 saturated carbocycles. The van der Waals surface area contributed by atoms with Crippen molar-refractivity contribution >= 4 is 0 Å². The molecule has 0 spiro atoms. The van der Waals surface area contributed by atoms with Crippen LogP contribution in [0.3, 0.4) is 0 Å². The predicted molar refractivity (Wildman–Crippen MR) is 73.7 cm³/mol. The third-order valence-electron chi connectivity index (χ3n) is 2.83. The second-order valence-corrected chi connectivity index (χ2v) is 4.24. The van der Waals surface area contributed by atoms with E-state index in [-0.39, 0.29) is 5.82 Å². The first-order valence-electron chi connectivity index (χ1n) is 6.32. The van der Waals surface area contributed by atoms with Crippen LogP contribution >= 0.6 is 0 Å². The summed E-state index contributed by atoms with van der Waals surface area (Å²) in [6, 6.07) is 6.41. The van der Waals surface area contributed by atoms with Crippen LogP contribution in [0.5, 0.6) is 5.75 Å². The SMILES string of the molecule is COCCNCc1ccn(-c2cc(OC)ccc2F)n1. The van der Waals surface area contributed by atoms with Crippen molar-refractivity contribution < 1.29 is 13.9 Å². The van der Waals surface area contributed by atoms with Crippen LogP contribution in [-0.2, 0) is 11.3 Å². The summed E-state index contributed by atoms with van der Waals surface area (Å²) in [5, 5.41) is 7.52. The fourth-order valence-corrected chi connectivity index (χ4v) is 1.78. The van der Waals surface area contributed by atoms with E-state index in [4.69, 9.17) is 9.47 Å². The van der Waals surface area contributed by atoms with E-state index in [0.29, 0.717) is 24.6 Å². The van der Waals surface area contributed by atoms with Gasteiger partial charge in [0.1, 0.15) is 17.3 Å². The van der Waals surface area contributed by atoms with Crippen molar-refractivity contribution in [3.8, 4) is 11.4 Å². The molecule has 108 valence electrons. The van der Waals surface area contributed by atoms with Crippen molar-refractivity contribution in [2.45, 2.75) is 6.54 Å². The Morgan fingerprint density at radius 3 is 2.90 bits per heavy atom. The number of halogens is 1. The van der Waals surface area contributed by atoms with Gasteiger partial charge in [-0.05, 0) is 18.2 Å². The Morgan fingerprint density at radius 2 is 2.15 bits per heavy atom. The van der Waals surface area contributed by atoms with Crippen LogP contribution in [0, 0.1) is 5.82 Å². The lowest BCUT2D eigenvalue weighted by Crippen LogP contribution is -2.18. The maximum atomic E-state index is 13.8. The quantitative estimate of drug-likeness (QED) is 0.785. The van der Waals surface area contributed by atoms with Gasteiger partial charge >= 0.3 is 0 Å². The molecule has 6 heteroatoms. The van der Waals surface area contributed by atoms with Gasteiger partial charge in [-0.2, -0.15) is 5.10 Å².